The Labute approximate surface area is 128 Å². The summed E-state index contributed by atoms with van der Waals surface area (Å²) < 4.78 is 14.7. The van der Waals surface area contributed by atoms with Crippen molar-refractivity contribution in [2.24, 2.45) is 0 Å². The predicted octanol–water partition coefficient (Wildman–Crippen LogP) is 2.37. The van der Waals surface area contributed by atoms with Gasteiger partial charge in [-0.05, 0) is 44.1 Å². The Morgan fingerprint density at radius 2 is 2.14 bits per heavy atom. The number of aromatic nitrogens is 1. The van der Waals surface area contributed by atoms with Crippen LogP contribution in [-0.2, 0) is 11.3 Å². The van der Waals surface area contributed by atoms with Gasteiger partial charge in [-0.15, -0.1) is 0 Å². The Balaban J connectivity index is 2.06. The molecule has 118 valence electrons. The van der Waals surface area contributed by atoms with Crippen molar-refractivity contribution in [2.45, 2.75) is 45.3 Å². The Kier molecular flexibility index (Phi) is 5.41. The summed E-state index contributed by atoms with van der Waals surface area (Å²) in [6, 6.07) is 0. The molecule has 6 nitrogen and oxygen atoms in total. The highest BCUT2D eigenvalue weighted by atomic mass is 32.1. The van der Waals surface area contributed by atoms with E-state index in [1.54, 1.807) is 4.90 Å². The van der Waals surface area contributed by atoms with Crippen molar-refractivity contribution in [1.82, 2.24) is 9.27 Å². The summed E-state index contributed by atoms with van der Waals surface area (Å²) >= 11 is 1.39. The highest BCUT2D eigenvalue weighted by Crippen LogP contribution is 2.37. The molecule has 2 rings (SSSR count). The number of hydrogen-bond acceptors (Lipinski definition) is 6. The van der Waals surface area contributed by atoms with Crippen LogP contribution in [0.1, 0.15) is 43.0 Å². The minimum Gasteiger partial charge on any atom is -0.474 e. The van der Waals surface area contributed by atoms with Crippen molar-refractivity contribution in [3.63, 3.8) is 0 Å². The van der Waals surface area contributed by atoms with Crippen LogP contribution in [-0.4, -0.2) is 46.8 Å². The summed E-state index contributed by atoms with van der Waals surface area (Å²) in [6.07, 6.45) is 1.46. The number of aliphatic hydroxyl groups excluding tert-OH is 1. The van der Waals surface area contributed by atoms with E-state index in [-0.39, 0.29) is 18.8 Å². The number of piperidine rings is 1. The largest absolute Gasteiger partial charge is 0.474 e. The van der Waals surface area contributed by atoms with Gasteiger partial charge in [-0.2, -0.15) is 4.37 Å². The molecule has 0 bridgehead atoms. The second-order valence-electron chi connectivity index (χ2n) is 5.39. The highest BCUT2D eigenvalue weighted by molar-refractivity contribution is 7.06. The number of carbonyl (C=O) groups excluding carboxylic acids is 1. The summed E-state index contributed by atoms with van der Waals surface area (Å²) in [5.74, 6) is 0.859. The topological polar surface area (TPSA) is 71.9 Å². The first kappa shape index (κ1) is 16.0. The lowest BCUT2D eigenvalue weighted by Gasteiger charge is -2.30. The van der Waals surface area contributed by atoms with Gasteiger partial charge in [-0.1, -0.05) is 0 Å². The predicted molar refractivity (Wildman–Crippen MR) is 79.8 cm³/mol. The van der Waals surface area contributed by atoms with Crippen LogP contribution >= 0.6 is 11.5 Å². The standard InChI is InChI=1S/C14H22N2O4S/c1-9(2)20-13-11(8-17)12(21-15-13)10-4-6-16(7-5-10)14(18)19-3/h9-10,17H,4-8H2,1-3H3. The van der Waals surface area contributed by atoms with Gasteiger partial charge in [0.25, 0.3) is 0 Å². The molecule has 1 fully saturated rings. The molecule has 1 aromatic heterocycles. The van der Waals surface area contributed by atoms with Gasteiger partial charge in [0.15, 0.2) is 0 Å². The lowest BCUT2D eigenvalue weighted by molar-refractivity contribution is 0.112. The van der Waals surface area contributed by atoms with Gasteiger partial charge >= 0.3 is 6.09 Å². The number of likely N-dealkylation sites (tertiary alicyclic amines) is 1. The molecular weight excluding hydrogens is 292 g/mol. The van der Waals surface area contributed by atoms with Gasteiger partial charge < -0.3 is 19.5 Å². The molecule has 0 aliphatic carbocycles. The third-order valence-corrected chi connectivity index (χ3v) is 4.62. The molecule has 0 radical (unpaired) electrons. The number of carbonyl (C=O) groups is 1. The van der Waals surface area contributed by atoms with E-state index < -0.39 is 0 Å². The first-order valence-electron chi connectivity index (χ1n) is 7.15. The van der Waals surface area contributed by atoms with Crippen molar-refractivity contribution < 1.29 is 19.4 Å². The Bertz CT molecular complexity index is 481. The fourth-order valence-corrected chi connectivity index (χ4v) is 3.52. The maximum Gasteiger partial charge on any atom is 0.409 e. The molecule has 21 heavy (non-hydrogen) atoms. The summed E-state index contributed by atoms with van der Waals surface area (Å²) in [6.45, 7) is 5.15. The van der Waals surface area contributed by atoms with Crippen LogP contribution < -0.4 is 4.74 Å². The monoisotopic (exact) mass is 314 g/mol. The molecule has 0 unspecified atom stereocenters. The van der Waals surface area contributed by atoms with E-state index >= 15 is 0 Å². The average Bonchev–Trinajstić information content (AvgIpc) is 2.88. The van der Waals surface area contributed by atoms with E-state index in [1.165, 1.54) is 18.6 Å². The van der Waals surface area contributed by atoms with Crippen LogP contribution in [0.2, 0.25) is 0 Å². The number of hydrogen-bond donors (Lipinski definition) is 1. The molecular formula is C14H22N2O4S. The van der Waals surface area contributed by atoms with Crippen molar-refractivity contribution in [1.29, 1.82) is 0 Å². The number of aliphatic hydroxyl groups is 1. The molecule has 1 aliphatic heterocycles. The minimum absolute atomic E-state index is 0.0337. The Hall–Kier alpha value is -1.34. The van der Waals surface area contributed by atoms with Gasteiger partial charge in [0.1, 0.15) is 0 Å². The van der Waals surface area contributed by atoms with Crippen LogP contribution in [0.5, 0.6) is 5.88 Å². The maximum absolute atomic E-state index is 11.5. The number of methoxy groups -OCH3 is 1. The second-order valence-corrected chi connectivity index (χ2v) is 6.19. The summed E-state index contributed by atoms with van der Waals surface area (Å²) in [4.78, 5) is 14.3. The van der Waals surface area contributed by atoms with Crippen LogP contribution in [0, 0.1) is 0 Å². The van der Waals surface area contributed by atoms with E-state index in [2.05, 4.69) is 4.37 Å². The highest BCUT2D eigenvalue weighted by Gasteiger charge is 2.28. The molecule has 0 aromatic carbocycles. The van der Waals surface area contributed by atoms with E-state index in [0.29, 0.717) is 24.9 Å². The van der Waals surface area contributed by atoms with Crippen LogP contribution in [0.15, 0.2) is 0 Å². The number of ether oxygens (including phenoxy) is 2. The van der Waals surface area contributed by atoms with Gasteiger partial charge in [0.2, 0.25) is 5.88 Å². The third kappa shape index (κ3) is 3.65. The van der Waals surface area contributed by atoms with Crippen molar-refractivity contribution >= 4 is 17.6 Å². The van der Waals surface area contributed by atoms with Crippen LogP contribution in [0.3, 0.4) is 0 Å². The number of rotatable bonds is 4. The smallest absolute Gasteiger partial charge is 0.409 e. The van der Waals surface area contributed by atoms with Gasteiger partial charge in [-0.3, -0.25) is 0 Å². The summed E-state index contributed by atoms with van der Waals surface area (Å²) in [5, 5.41) is 9.61. The SMILES string of the molecule is COC(=O)N1CCC(c2snc(OC(C)C)c2CO)CC1. The zero-order valence-electron chi connectivity index (χ0n) is 12.7. The van der Waals surface area contributed by atoms with Gasteiger partial charge in [0.05, 0.1) is 25.4 Å². The van der Waals surface area contributed by atoms with Crippen molar-refractivity contribution in [3.05, 3.63) is 10.4 Å². The Morgan fingerprint density at radius 3 is 2.67 bits per heavy atom. The molecule has 0 saturated carbocycles. The zero-order chi connectivity index (χ0) is 15.4. The molecule has 0 atom stereocenters. The van der Waals surface area contributed by atoms with E-state index in [1.807, 2.05) is 13.8 Å². The van der Waals surface area contributed by atoms with Gasteiger partial charge in [0, 0.05) is 18.0 Å². The van der Waals surface area contributed by atoms with Crippen LogP contribution in [0.25, 0.3) is 0 Å². The van der Waals surface area contributed by atoms with E-state index in [4.69, 9.17) is 9.47 Å². The zero-order valence-corrected chi connectivity index (χ0v) is 13.5. The van der Waals surface area contributed by atoms with Crippen LogP contribution in [0.4, 0.5) is 4.79 Å². The van der Waals surface area contributed by atoms with E-state index in [0.717, 1.165) is 23.3 Å². The Morgan fingerprint density at radius 1 is 1.48 bits per heavy atom. The first-order chi connectivity index (χ1) is 10.1. The molecule has 1 aliphatic rings. The molecule has 1 N–H and O–H groups in total. The molecule has 7 heteroatoms. The second kappa shape index (κ2) is 7.09. The fourth-order valence-electron chi connectivity index (χ4n) is 2.54. The summed E-state index contributed by atoms with van der Waals surface area (Å²) in [7, 11) is 1.40. The molecule has 1 aromatic rings. The van der Waals surface area contributed by atoms with Crippen molar-refractivity contribution in [3.8, 4) is 5.88 Å². The quantitative estimate of drug-likeness (QED) is 0.924. The fraction of sp³-hybridized carbons (Fsp3) is 0.714. The third-order valence-electron chi connectivity index (χ3n) is 3.59. The van der Waals surface area contributed by atoms with Crippen molar-refractivity contribution in [2.75, 3.05) is 20.2 Å². The lowest BCUT2D eigenvalue weighted by Crippen LogP contribution is -2.37. The molecule has 1 amide bonds. The maximum atomic E-state index is 11.5. The minimum atomic E-state index is -0.274. The summed E-state index contributed by atoms with van der Waals surface area (Å²) in [5.41, 5.74) is 0.796. The molecule has 1 saturated heterocycles. The number of nitrogens with zero attached hydrogens (tertiary/aromatic N) is 2. The average molecular weight is 314 g/mol. The van der Waals surface area contributed by atoms with E-state index in [9.17, 15) is 9.90 Å². The lowest BCUT2D eigenvalue weighted by atomic mass is 9.93. The first-order valence-corrected chi connectivity index (χ1v) is 7.93. The normalized spacial score (nSPS) is 16.3. The molecule has 0 spiro atoms. The number of amides is 1. The molecule has 2 heterocycles. The van der Waals surface area contributed by atoms with Gasteiger partial charge in [-0.25, -0.2) is 4.79 Å².